The maximum absolute atomic E-state index is 12.2. The van der Waals surface area contributed by atoms with Gasteiger partial charge in [0, 0.05) is 31.6 Å². The van der Waals surface area contributed by atoms with Crippen LogP contribution in [0.2, 0.25) is 0 Å². The Balaban J connectivity index is 2.19. The first-order valence-corrected chi connectivity index (χ1v) is 7.83. The van der Waals surface area contributed by atoms with E-state index in [1.165, 1.54) is 11.8 Å². The molecule has 2 rings (SSSR count). The number of hydrogen-bond acceptors (Lipinski definition) is 4. The van der Waals surface area contributed by atoms with Crippen LogP contribution in [-0.2, 0) is 9.59 Å². The minimum absolute atomic E-state index is 0.0126. The van der Waals surface area contributed by atoms with Gasteiger partial charge in [0.15, 0.2) is 12.4 Å². The molecule has 1 aliphatic heterocycles. The molecule has 1 aromatic carbocycles. The zero-order chi connectivity index (χ0) is 17.0. The lowest BCUT2D eigenvalue weighted by Crippen LogP contribution is -2.41. The van der Waals surface area contributed by atoms with Crippen LogP contribution in [0.4, 0.5) is 5.69 Å². The van der Waals surface area contributed by atoms with Gasteiger partial charge < -0.3 is 14.5 Å². The molecule has 0 atom stereocenters. The predicted octanol–water partition coefficient (Wildman–Crippen LogP) is 1.87. The number of benzene rings is 1. The highest BCUT2D eigenvalue weighted by molar-refractivity contribution is 6.01. The summed E-state index contributed by atoms with van der Waals surface area (Å²) >= 11 is 0. The van der Waals surface area contributed by atoms with Gasteiger partial charge in [0.25, 0.3) is 5.91 Å². The number of anilines is 1. The Morgan fingerprint density at radius 2 is 1.96 bits per heavy atom. The van der Waals surface area contributed by atoms with E-state index >= 15 is 0 Å². The largest absolute Gasteiger partial charge is 0.482 e. The summed E-state index contributed by atoms with van der Waals surface area (Å²) < 4.78 is 5.40. The van der Waals surface area contributed by atoms with Gasteiger partial charge >= 0.3 is 0 Å². The van der Waals surface area contributed by atoms with Gasteiger partial charge in [-0.05, 0) is 39.0 Å². The highest BCUT2D eigenvalue weighted by atomic mass is 16.5. The molecular formula is C17H22N2O4. The average Bonchev–Trinajstić information content (AvgIpc) is 2.54. The third-order valence-corrected chi connectivity index (χ3v) is 3.97. The van der Waals surface area contributed by atoms with Gasteiger partial charge in [0.2, 0.25) is 5.91 Å². The van der Waals surface area contributed by atoms with Gasteiger partial charge in [-0.3, -0.25) is 14.4 Å². The molecule has 6 nitrogen and oxygen atoms in total. The molecule has 1 heterocycles. The normalized spacial score (nSPS) is 13.3. The molecule has 1 aromatic rings. The average molecular weight is 318 g/mol. The quantitative estimate of drug-likeness (QED) is 0.751. The number of rotatable bonds is 6. The first-order chi connectivity index (χ1) is 11.0. The van der Waals surface area contributed by atoms with E-state index in [4.69, 9.17) is 4.74 Å². The predicted molar refractivity (Wildman–Crippen MR) is 86.8 cm³/mol. The molecule has 23 heavy (non-hydrogen) atoms. The molecule has 0 N–H and O–H groups in total. The van der Waals surface area contributed by atoms with Crippen LogP contribution < -0.4 is 9.64 Å². The minimum Gasteiger partial charge on any atom is -0.482 e. The van der Waals surface area contributed by atoms with Crippen molar-refractivity contribution in [1.82, 2.24) is 4.90 Å². The van der Waals surface area contributed by atoms with Crippen LogP contribution in [0.15, 0.2) is 18.2 Å². The summed E-state index contributed by atoms with van der Waals surface area (Å²) in [7, 11) is 0. The second-order valence-corrected chi connectivity index (χ2v) is 5.39. The van der Waals surface area contributed by atoms with Crippen LogP contribution in [0, 0.1) is 0 Å². The lowest BCUT2D eigenvalue weighted by atomic mass is 10.1. The van der Waals surface area contributed by atoms with Crippen molar-refractivity contribution in [2.75, 3.05) is 31.1 Å². The molecule has 0 aliphatic carbocycles. The van der Waals surface area contributed by atoms with Crippen LogP contribution in [0.3, 0.4) is 0 Å². The van der Waals surface area contributed by atoms with Crippen LogP contribution in [0.25, 0.3) is 0 Å². The molecule has 0 fully saturated rings. The zero-order valence-electron chi connectivity index (χ0n) is 13.8. The standard InChI is InChI=1S/C17H22N2O4/c1-4-18(5-2)16(21)8-9-19-14-10-13(12(3)20)6-7-15(14)23-11-17(19)22/h6-7,10H,4-5,8-9,11H2,1-3H3. The van der Waals surface area contributed by atoms with Gasteiger partial charge in [-0.2, -0.15) is 0 Å². The Labute approximate surface area is 136 Å². The Kier molecular flexibility index (Phi) is 5.36. The molecule has 6 heteroatoms. The third-order valence-electron chi connectivity index (χ3n) is 3.97. The lowest BCUT2D eigenvalue weighted by Gasteiger charge is -2.30. The number of fused-ring (bicyclic) bond motifs is 1. The molecule has 0 saturated carbocycles. The number of ether oxygens (including phenoxy) is 1. The molecular weight excluding hydrogens is 296 g/mol. The third kappa shape index (κ3) is 3.70. The van der Waals surface area contributed by atoms with Crippen LogP contribution in [-0.4, -0.2) is 48.7 Å². The second-order valence-electron chi connectivity index (χ2n) is 5.39. The van der Waals surface area contributed by atoms with Gasteiger partial charge in [-0.25, -0.2) is 0 Å². The van der Waals surface area contributed by atoms with Crippen LogP contribution in [0.5, 0.6) is 5.75 Å². The second kappa shape index (κ2) is 7.26. The summed E-state index contributed by atoms with van der Waals surface area (Å²) in [5.41, 5.74) is 1.07. The Morgan fingerprint density at radius 3 is 2.57 bits per heavy atom. The Bertz CT molecular complexity index is 623. The van der Waals surface area contributed by atoms with Gasteiger partial charge in [-0.15, -0.1) is 0 Å². The zero-order valence-corrected chi connectivity index (χ0v) is 13.8. The fourth-order valence-corrected chi connectivity index (χ4v) is 2.61. The molecule has 0 bridgehead atoms. The summed E-state index contributed by atoms with van der Waals surface area (Å²) in [6.07, 6.45) is 0.247. The molecule has 124 valence electrons. The molecule has 0 radical (unpaired) electrons. The van der Waals surface area contributed by atoms with E-state index < -0.39 is 0 Å². The van der Waals surface area contributed by atoms with E-state index in [1.807, 2.05) is 13.8 Å². The van der Waals surface area contributed by atoms with E-state index in [2.05, 4.69) is 0 Å². The maximum atomic E-state index is 12.2. The topological polar surface area (TPSA) is 66.9 Å². The highest BCUT2D eigenvalue weighted by Gasteiger charge is 2.27. The number of amides is 2. The molecule has 0 unspecified atom stereocenters. The van der Waals surface area contributed by atoms with Gasteiger partial charge in [0.1, 0.15) is 5.75 Å². The van der Waals surface area contributed by atoms with Crippen molar-refractivity contribution in [2.45, 2.75) is 27.2 Å². The smallest absolute Gasteiger partial charge is 0.265 e. The number of hydrogen-bond donors (Lipinski definition) is 0. The molecule has 0 aromatic heterocycles. The summed E-state index contributed by atoms with van der Waals surface area (Å²) in [6, 6.07) is 5.02. The number of Topliss-reactive ketones (excluding diaryl/α,β-unsaturated/α-hetero) is 1. The van der Waals surface area contributed by atoms with Crippen molar-refractivity contribution in [3.8, 4) is 5.75 Å². The van der Waals surface area contributed by atoms with Crippen LogP contribution >= 0.6 is 0 Å². The molecule has 0 spiro atoms. The summed E-state index contributed by atoms with van der Waals surface area (Å²) in [5.74, 6) is 0.291. The number of carbonyl (C=O) groups is 3. The summed E-state index contributed by atoms with van der Waals surface area (Å²) in [5, 5.41) is 0. The van der Waals surface area contributed by atoms with Crippen molar-refractivity contribution in [2.24, 2.45) is 0 Å². The van der Waals surface area contributed by atoms with Gasteiger partial charge in [-0.1, -0.05) is 0 Å². The van der Waals surface area contributed by atoms with E-state index in [0.717, 1.165) is 0 Å². The highest BCUT2D eigenvalue weighted by Crippen LogP contribution is 2.33. The molecule has 1 aliphatic rings. The lowest BCUT2D eigenvalue weighted by molar-refractivity contribution is -0.130. The van der Waals surface area contributed by atoms with Gasteiger partial charge in [0.05, 0.1) is 5.69 Å². The fourth-order valence-electron chi connectivity index (χ4n) is 2.61. The number of nitrogens with zero attached hydrogens (tertiary/aromatic N) is 2. The Hall–Kier alpha value is -2.37. The van der Waals surface area contributed by atoms with Crippen molar-refractivity contribution < 1.29 is 19.1 Å². The molecule has 0 saturated heterocycles. The Morgan fingerprint density at radius 1 is 1.26 bits per heavy atom. The van der Waals surface area contributed by atoms with Crippen LogP contribution in [0.1, 0.15) is 37.6 Å². The molecule has 2 amide bonds. The fraction of sp³-hybridized carbons (Fsp3) is 0.471. The SMILES string of the molecule is CCN(CC)C(=O)CCN1C(=O)COc2ccc(C(C)=O)cc21. The maximum Gasteiger partial charge on any atom is 0.265 e. The summed E-state index contributed by atoms with van der Waals surface area (Å²) in [4.78, 5) is 39.1. The van der Waals surface area contributed by atoms with E-state index in [1.54, 1.807) is 23.1 Å². The minimum atomic E-state index is -0.203. The monoisotopic (exact) mass is 318 g/mol. The van der Waals surface area contributed by atoms with Crippen molar-refractivity contribution in [3.63, 3.8) is 0 Å². The number of ketones is 1. The van der Waals surface area contributed by atoms with E-state index in [-0.39, 0.29) is 37.2 Å². The first-order valence-electron chi connectivity index (χ1n) is 7.83. The van der Waals surface area contributed by atoms with Crippen molar-refractivity contribution in [3.05, 3.63) is 23.8 Å². The van der Waals surface area contributed by atoms with E-state index in [0.29, 0.717) is 30.1 Å². The summed E-state index contributed by atoms with van der Waals surface area (Å²) in [6.45, 7) is 6.86. The van der Waals surface area contributed by atoms with Crippen molar-refractivity contribution >= 4 is 23.3 Å². The van der Waals surface area contributed by atoms with Crippen molar-refractivity contribution in [1.29, 1.82) is 0 Å². The number of carbonyl (C=O) groups excluding carboxylic acids is 3. The van der Waals surface area contributed by atoms with E-state index in [9.17, 15) is 14.4 Å². The first kappa shape index (κ1) is 17.0.